The third kappa shape index (κ3) is 4.99. The molecule has 2 unspecified atom stereocenters. The molecule has 0 spiro atoms. The average molecular weight is 290 g/mol. The van der Waals surface area contributed by atoms with Crippen LogP contribution in [0, 0.1) is 5.92 Å². The fraction of sp³-hybridized carbons (Fsp3) is 0.722. The molecule has 3 nitrogen and oxygen atoms in total. The fourth-order valence-corrected chi connectivity index (χ4v) is 2.90. The second-order valence-electron chi connectivity index (χ2n) is 6.61. The molecule has 2 atom stereocenters. The summed E-state index contributed by atoms with van der Waals surface area (Å²) >= 11 is 0. The van der Waals surface area contributed by atoms with E-state index in [1.54, 1.807) is 0 Å². The van der Waals surface area contributed by atoms with Crippen LogP contribution in [0.15, 0.2) is 12.1 Å². The van der Waals surface area contributed by atoms with Crippen molar-refractivity contribution < 1.29 is 4.74 Å². The summed E-state index contributed by atoms with van der Waals surface area (Å²) in [5, 5.41) is 3.47. The summed E-state index contributed by atoms with van der Waals surface area (Å²) in [5.41, 5.74) is 2.39. The summed E-state index contributed by atoms with van der Waals surface area (Å²) in [7, 11) is 0. The summed E-state index contributed by atoms with van der Waals surface area (Å²) in [4.78, 5) is 4.66. The lowest BCUT2D eigenvalue weighted by Crippen LogP contribution is -2.29. The molecule has 1 aromatic heterocycles. The normalized spacial score (nSPS) is 22.5. The molecule has 0 amide bonds. The van der Waals surface area contributed by atoms with E-state index in [0.717, 1.165) is 24.5 Å². The van der Waals surface area contributed by atoms with Crippen molar-refractivity contribution in [3.8, 4) is 5.88 Å². The number of aromatic nitrogens is 1. The number of nitrogens with zero attached hydrogens (tertiary/aromatic N) is 1. The maximum absolute atomic E-state index is 6.22. The van der Waals surface area contributed by atoms with E-state index in [1.165, 1.54) is 31.2 Å². The van der Waals surface area contributed by atoms with E-state index in [0.29, 0.717) is 18.1 Å². The molecule has 21 heavy (non-hydrogen) atoms. The zero-order valence-corrected chi connectivity index (χ0v) is 14.0. The highest BCUT2D eigenvalue weighted by molar-refractivity contribution is 5.25. The molecule has 1 fully saturated rings. The first-order valence-corrected chi connectivity index (χ1v) is 8.48. The van der Waals surface area contributed by atoms with Crippen LogP contribution in [-0.2, 0) is 13.0 Å². The van der Waals surface area contributed by atoms with E-state index in [1.807, 2.05) is 0 Å². The Bertz CT molecular complexity index is 445. The number of rotatable bonds is 6. The predicted octanol–water partition coefficient (Wildman–Crippen LogP) is 4.10. The van der Waals surface area contributed by atoms with Crippen LogP contribution in [0.3, 0.4) is 0 Å². The minimum atomic E-state index is 0.337. The van der Waals surface area contributed by atoms with E-state index >= 15 is 0 Å². The quantitative estimate of drug-likeness (QED) is 0.856. The minimum absolute atomic E-state index is 0.337. The van der Waals surface area contributed by atoms with E-state index in [9.17, 15) is 0 Å². The molecule has 1 aliphatic carbocycles. The monoisotopic (exact) mass is 290 g/mol. The number of aryl methyl sites for hydroxylation is 1. The lowest BCUT2D eigenvalue weighted by Gasteiger charge is -2.29. The first-order chi connectivity index (χ1) is 10.1. The molecule has 2 rings (SSSR count). The molecule has 3 heteroatoms. The van der Waals surface area contributed by atoms with Crippen molar-refractivity contribution in [2.45, 2.75) is 78.5 Å². The smallest absolute Gasteiger partial charge is 0.214 e. The maximum Gasteiger partial charge on any atom is 0.214 e. The van der Waals surface area contributed by atoms with Gasteiger partial charge in [0.1, 0.15) is 6.10 Å². The van der Waals surface area contributed by atoms with Gasteiger partial charge in [0.05, 0.1) is 0 Å². The van der Waals surface area contributed by atoms with Crippen LogP contribution in [0.25, 0.3) is 0 Å². The predicted molar refractivity (Wildman–Crippen MR) is 87.6 cm³/mol. The first kappa shape index (κ1) is 16.3. The molecule has 1 aromatic rings. The zero-order chi connectivity index (χ0) is 15.2. The molecule has 0 radical (unpaired) electrons. The van der Waals surface area contributed by atoms with Gasteiger partial charge in [-0.15, -0.1) is 0 Å². The van der Waals surface area contributed by atoms with Gasteiger partial charge < -0.3 is 10.1 Å². The molecule has 0 bridgehead atoms. The SMILES string of the molecule is CCc1cc(CNC(C)C)cc(OC2CCCCC2C)n1. The highest BCUT2D eigenvalue weighted by Crippen LogP contribution is 2.28. The van der Waals surface area contributed by atoms with Crippen molar-refractivity contribution in [1.29, 1.82) is 0 Å². The van der Waals surface area contributed by atoms with Crippen LogP contribution in [0.1, 0.15) is 64.6 Å². The summed E-state index contributed by atoms with van der Waals surface area (Å²) in [6, 6.07) is 4.79. The molecule has 1 saturated carbocycles. The van der Waals surface area contributed by atoms with Gasteiger partial charge in [0.2, 0.25) is 5.88 Å². The van der Waals surface area contributed by atoms with Crippen LogP contribution in [-0.4, -0.2) is 17.1 Å². The van der Waals surface area contributed by atoms with Gasteiger partial charge in [0.15, 0.2) is 0 Å². The van der Waals surface area contributed by atoms with E-state index in [-0.39, 0.29) is 0 Å². The average Bonchev–Trinajstić information content (AvgIpc) is 2.47. The van der Waals surface area contributed by atoms with Crippen molar-refractivity contribution in [2.75, 3.05) is 0 Å². The lowest BCUT2D eigenvalue weighted by molar-refractivity contribution is 0.0972. The Labute approximate surface area is 129 Å². The molecular weight excluding hydrogens is 260 g/mol. The third-order valence-corrected chi connectivity index (χ3v) is 4.30. The molecule has 1 heterocycles. The molecular formula is C18H30N2O. The number of hydrogen-bond acceptors (Lipinski definition) is 3. The van der Waals surface area contributed by atoms with Gasteiger partial charge in [-0.1, -0.05) is 34.1 Å². The van der Waals surface area contributed by atoms with E-state index < -0.39 is 0 Å². The fourth-order valence-electron chi connectivity index (χ4n) is 2.90. The molecule has 0 aliphatic heterocycles. The van der Waals surface area contributed by atoms with Gasteiger partial charge in [0.25, 0.3) is 0 Å². The summed E-state index contributed by atoms with van der Waals surface area (Å²) in [6.45, 7) is 9.67. The molecule has 118 valence electrons. The van der Waals surface area contributed by atoms with Gasteiger partial charge in [0, 0.05) is 24.3 Å². The molecule has 0 saturated heterocycles. The van der Waals surface area contributed by atoms with Crippen LogP contribution >= 0.6 is 0 Å². The third-order valence-electron chi connectivity index (χ3n) is 4.30. The molecule has 1 aliphatic rings. The van der Waals surface area contributed by atoms with Gasteiger partial charge in [-0.3, -0.25) is 0 Å². The number of nitrogens with one attached hydrogen (secondary N) is 1. The van der Waals surface area contributed by atoms with Gasteiger partial charge in [-0.25, -0.2) is 4.98 Å². The lowest BCUT2D eigenvalue weighted by atomic mass is 9.88. The Morgan fingerprint density at radius 1 is 1.29 bits per heavy atom. The van der Waals surface area contributed by atoms with Crippen LogP contribution < -0.4 is 10.1 Å². The van der Waals surface area contributed by atoms with Crippen molar-refractivity contribution in [3.05, 3.63) is 23.4 Å². The summed E-state index contributed by atoms with van der Waals surface area (Å²) in [6.07, 6.45) is 6.35. The number of hydrogen-bond donors (Lipinski definition) is 1. The number of pyridine rings is 1. The largest absolute Gasteiger partial charge is 0.474 e. The van der Waals surface area contributed by atoms with Crippen LogP contribution in [0.2, 0.25) is 0 Å². The highest BCUT2D eigenvalue weighted by atomic mass is 16.5. The van der Waals surface area contributed by atoms with Crippen molar-refractivity contribution in [2.24, 2.45) is 5.92 Å². The maximum atomic E-state index is 6.22. The number of ether oxygens (including phenoxy) is 1. The van der Waals surface area contributed by atoms with Crippen molar-refractivity contribution in [3.63, 3.8) is 0 Å². The first-order valence-electron chi connectivity index (χ1n) is 8.48. The topological polar surface area (TPSA) is 34.1 Å². The second kappa shape index (κ2) is 7.79. The molecule has 1 N–H and O–H groups in total. The van der Waals surface area contributed by atoms with Crippen LogP contribution in [0.5, 0.6) is 5.88 Å². The van der Waals surface area contributed by atoms with E-state index in [4.69, 9.17) is 4.74 Å². The summed E-state index contributed by atoms with van der Waals surface area (Å²) in [5.74, 6) is 1.46. The van der Waals surface area contributed by atoms with E-state index in [2.05, 4.69) is 50.1 Å². The van der Waals surface area contributed by atoms with Gasteiger partial charge in [-0.05, 0) is 43.2 Å². The van der Waals surface area contributed by atoms with Crippen LogP contribution in [0.4, 0.5) is 0 Å². The Hall–Kier alpha value is -1.09. The Morgan fingerprint density at radius 3 is 2.71 bits per heavy atom. The summed E-state index contributed by atoms with van der Waals surface area (Å²) < 4.78 is 6.22. The van der Waals surface area contributed by atoms with Gasteiger partial charge >= 0.3 is 0 Å². The highest BCUT2D eigenvalue weighted by Gasteiger charge is 2.23. The molecule has 0 aromatic carbocycles. The van der Waals surface area contributed by atoms with Crippen molar-refractivity contribution in [1.82, 2.24) is 10.3 Å². The Balaban J connectivity index is 2.08. The minimum Gasteiger partial charge on any atom is -0.474 e. The zero-order valence-electron chi connectivity index (χ0n) is 14.0. The Kier molecular flexibility index (Phi) is 6.04. The van der Waals surface area contributed by atoms with Crippen molar-refractivity contribution >= 4 is 0 Å². The Morgan fingerprint density at radius 2 is 2.05 bits per heavy atom. The standard InChI is InChI=1S/C18H30N2O/c1-5-16-10-15(12-19-13(2)3)11-18(20-16)21-17-9-7-6-8-14(17)4/h10-11,13-14,17,19H,5-9,12H2,1-4H3. The second-order valence-corrected chi connectivity index (χ2v) is 6.61. The van der Waals surface area contributed by atoms with Gasteiger partial charge in [-0.2, -0.15) is 0 Å².